The number of aromatic amines is 1. The first kappa shape index (κ1) is 9.00. The largest absolute Gasteiger partial charge is 0.336 e. The molecule has 2 aromatic rings. The number of pyridine rings is 1. The minimum Gasteiger partial charge on any atom is -0.336 e. The molecule has 2 rings (SSSR count). The maximum absolute atomic E-state index is 4.99. The van der Waals surface area contributed by atoms with E-state index in [-0.39, 0.29) is 0 Å². The number of rotatable bonds is 0. The predicted molar refractivity (Wildman–Crippen MR) is 53.9 cm³/mol. The maximum atomic E-state index is 4.99. The van der Waals surface area contributed by atoms with Crippen molar-refractivity contribution in [2.45, 2.75) is 13.8 Å². The van der Waals surface area contributed by atoms with Gasteiger partial charge in [0.05, 0.1) is 5.52 Å². The Morgan fingerprint density at radius 3 is 2.75 bits per heavy atom. The van der Waals surface area contributed by atoms with Gasteiger partial charge in [0.1, 0.15) is 0 Å². The van der Waals surface area contributed by atoms with E-state index in [0.29, 0.717) is 0 Å². The normalized spacial score (nSPS) is 9.17. The number of H-pyrrole nitrogens is 1. The highest BCUT2D eigenvalue weighted by atomic mass is 32.1. The Morgan fingerprint density at radius 1 is 1.33 bits per heavy atom. The summed E-state index contributed by atoms with van der Waals surface area (Å²) in [5, 5.41) is 0. The third-order valence-corrected chi connectivity index (χ3v) is 1.77. The molecule has 2 aromatic heterocycles. The van der Waals surface area contributed by atoms with Crippen LogP contribution in [0, 0.1) is 4.77 Å². The predicted octanol–water partition coefficient (Wildman–Crippen LogP) is 3.02. The van der Waals surface area contributed by atoms with Gasteiger partial charge in [-0.15, -0.1) is 0 Å². The second-order valence-corrected chi connectivity index (χ2v) is 2.48. The molecule has 0 saturated carbocycles. The van der Waals surface area contributed by atoms with Gasteiger partial charge in [-0.25, -0.2) is 0 Å². The van der Waals surface area contributed by atoms with Crippen LogP contribution >= 0.6 is 12.2 Å². The summed E-state index contributed by atoms with van der Waals surface area (Å²) in [6.45, 7) is 4.00. The van der Waals surface area contributed by atoms with Crippen molar-refractivity contribution in [2.24, 2.45) is 0 Å². The molecule has 0 aromatic carbocycles. The van der Waals surface area contributed by atoms with Crippen molar-refractivity contribution < 1.29 is 0 Å². The average molecular weight is 180 g/mol. The molecule has 0 aliphatic heterocycles. The van der Waals surface area contributed by atoms with E-state index in [0.717, 1.165) is 10.3 Å². The SMILES string of the molecule is CC.S=c1[nH]cc2ccccn12. The van der Waals surface area contributed by atoms with Gasteiger partial charge < -0.3 is 4.98 Å². The summed E-state index contributed by atoms with van der Waals surface area (Å²) in [6.07, 6.45) is 3.83. The van der Waals surface area contributed by atoms with Crippen molar-refractivity contribution in [3.63, 3.8) is 0 Å². The van der Waals surface area contributed by atoms with Gasteiger partial charge in [-0.05, 0) is 24.4 Å². The van der Waals surface area contributed by atoms with Crippen LogP contribution in [-0.2, 0) is 0 Å². The molecular weight excluding hydrogens is 168 g/mol. The molecule has 2 nitrogen and oxygen atoms in total. The quantitative estimate of drug-likeness (QED) is 0.618. The van der Waals surface area contributed by atoms with Crippen molar-refractivity contribution >= 4 is 17.7 Å². The highest BCUT2D eigenvalue weighted by Gasteiger charge is 1.88. The minimum absolute atomic E-state index is 0.746. The number of aromatic nitrogens is 2. The van der Waals surface area contributed by atoms with Gasteiger partial charge in [-0.1, -0.05) is 19.9 Å². The van der Waals surface area contributed by atoms with Crippen LogP contribution in [0.3, 0.4) is 0 Å². The number of hydrogen-bond acceptors (Lipinski definition) is 1. The molecule has 0 aliphatic carbocycles. The number of hydrogen-bond donors (Lipinski definition) is 1. The summed E-state index contributed by atoms with van der Waals surface area (Å²) >= 11 is 4.99. The van der Waals surface area contributed by atoms with Crippen molar-refractivity contribution in [3.8, 4) is 0 Å². The highest BCUT2D eigenvalue weighted by molar-refractivity contribution is 7.71. The first-order chi connectivity index (χ1) is 5.88. The number of fused-ring (bicyclic) bond motifs is 1. The van der Waals surface area contributed by atoms with E-state index in [4.69, 9.17) is 12.2 Å². The van der Waals surface area contributed by atoms with Crippen molar-refractivity contribution in [3.05, 3.63) is 35.4 Å². The Morgan fingerprint density at radius 2 is 2.08 bits per heavy atom. The maximum Gasteiger partial charge on any atom is 0.181 e. The zero-order valence-corrected chi connectivity index (χ0v) is 8.06. The van der Waals surface area contributed by atoms with Crippen LogP contribution in [0.25, 0.3) is 5.52 Å². The Kier molecular flexibility index (Phi) is 3.05. The standard InChI is InChI=1S/C7H6N2S.C2H6/c10-7-8-5-6-3-1-2-4-9(6)7;1-2/h1-5H,(H,8,10);1-2H3. The summed E-state index contributed by atoms with van der Waals surface area (Å²) < 4.78 is 2.67. The van der Waals surface area contributed by atoms with Gasteiger partial charge >= 0.3 is 0 Å². The Balaban J connectivity index is 0.000000336. The lowest BCUT2D eigenvalue weighted by molar-refractivity contribution is 1.12. The molecule has 2 heterocycles. The van der Waals surface area contributed by atoms with E-state index in [2.05, 4.69) is 4.98 Å². The van der Waals surface area contributed by atoms with Gasteiger partial charge in [-0.3, -0.25) is 4.40 Å². The van der Waals surface area contributed by atoms with Gasteiger partial charge in [0.2, 0.25) is 0 Å². The van der Waals surface area contributed by atoms with E-state index in [1.54, 1.807) is 0 Å². The van der Waals surface area contributed by atoms with E-state index in [1.807, 2.05) is 48.8 Å². The lowest BCUT2D eigenvalue weighted by atomic mass is 10.4. The second-order valence-electron chi connectivity index (χ2n) is 2.09. The zero-order chi connectivity index (χ0) is 8.97. The molecule has 0 unspecified atom stereocenters. The second kappa shape index (κ2) is 4.07. The van der Waals surface area contributed by atoms with Crippen LogP contribution in [-0.4, -0.2) is 9.38 Å². The van der Waals surface area contributed by atoms with Crippen molar-refractivity contribution in [2.75, 3.05) is 0 Å². The summed E-state index contributed by atoms with van der Waals surface area (Å²) in [7, 11) is 0. The Hall–Kier alpha value is -1.09. The van der Waals surface area contributed by atoms with Gasteiger partial charge in [0, 0.05) is 12.4 Å². The smallest absolute Gasteiger partial charge is 0.181 e. The molecular formula is C9H12N2S. The Bertz CT molecular complexity index is 400. The molecule has 64 valence electrons. The highest BCUT2D eigenvalue weighted by Crippen LogP contribution is 2.00. The van der Waals surface area contributed by atoms with Gasteiger partial charge in [-0.2, -0.15) is 0 Å². The van der Waals surface area contributed by atoms with Gasteiger partial charge in [0.15, 0.2) is 4.77 Å². The fourth-order valence-electron chi connectivity index (χ4n) is 0.964. The van der Waals surface area contributed by atoms with Crippen LogP contribution in [0.2, 0.25) is 0 Å². The lowest BCUT2D eigenvalue weighted by Crippen LogP contribution is -1.79. The lowest BCUT2D eigenvalue weighted by Gasteiger charge is -1.87. The van der Waals surface area contributed by atoms with Crippen LogP contribution in [0.1, 0.15) is 13.8 Å². The van der Waals surface area contributed by atoms with Crippen LogP contribution in [0.15, 0.2) is 30.6 Å². The topological polar surface area (TPSA) is 20.2 Å². The summed E-state index contributed by atoms with van der Waals surface area (Å²) in [4.78, 5) is 2.95. The fraction of sp³-hybridized carbons (Fsp3) is 0.222. The fourth-order valence-corrected chi connectivity index (χ4v) is 1.19. The van der Waals surface area contributed by atoms with E-state index >= 15 is 0 Å². The first-order valence-corrected chi connectivity index (χ1v) is 4.43. The molecule has 0 fully saturated rings. The third-order valence-electron chi connectivity index (χ3n) is 1.45. The number of imidazole rings is 1. The number of nitrogens with zero attached hydrogens (tertiary/aromatic N) is 1. The van der Waals surface area contributed by atoms with Crippen molar-refractivity contribution in [1.29, 1.82) is 0 Å². The summed E-state index contributed by atoms with van der Waals surface area (Å²) in [6, 6.07) is 5.95. The molecule has 0 bridgehead atoms. The van der Waals surface area contributed by atoms with E-state index in [9.17, 15) is 0 Å². The molecule has 3 heteroatoms. The molecule has 0 aliphatic rings. The molecule has 0 spiro atoms. The summed E-state index contributed by atoms with van der Waals surface area (Å²) in [5.74, 6) is 0. The van der Waals surface area contributed by atoms with Crippen LogP contribution < -0.4 is 0 Å². The molecule has 0 radical (unpaired) electrons. The first-order valence-electron chi connectivity index (χ1n) is 4.03. The van der Waals surface area contributed by atoms with E-state index in [1.165, 1.54) is 0 Å². The minimum atomic E-state index is 0.746. The number of nitrogens with one attached hydrogen (secondary N) is 1. The molecule has 1 N–H and O–H groups in total. The van der Waals surface area contributed by atoms with Gasteiger partial charge in [0.25, 0.3) is 0 Å². The molecule has 0 amide bonds. The van der Waals surface area contributed by atoms with Crippen LogP contribution in [0.4, 0.5) is 0 Å². The summed E-state index contributed by atoms with van der Waals surface area (Å²) in [5.41, 5.74) is 1.10. The molecule has 0 saturated heterocycles. The molecule has 12 heavy (non-hydrogen) atoms. The van der Waals surface area contributed by atoms with E-state index < -0.39 is 0 Å². The average Bonchev–Trinajstić information content (AvgIpc) is 2.53. The zero-order valence-electron chi connectivity index (χ0n) is 7.24. The molecule has 0 atom stereocenters. The Labute approximate surface area is 76.9 Å². The van der Waals surface area contributed by atoms with Crippen molar-refractivity contribution in [1.82, 2.24) is 9.38 Å². The monoisotopic (exact) mass is 180 g/mol. The van der Waals surface area contributed by atoms with Crippen LogP contribution in [0.5, 0.6) is 0 Å². The third kappa shape index (κ3) is 1.56.